The predicted molar refractivity (Wildman–Crippen MR) is 92.7 cm³/mol. The molecule has 0 unspecified atom stereocenters. The van der Waals surface area contributed by atoms with Gasteiger partial charge in [0, 0.05) is 36.7 Å². The van der Waals surface area contributed by atoms with Gasteiger partial charge in [-0.2, -0.15) is 5.10 Å². The number of aromatic nitrogens is 4. The van der Waals surface area contributed by atoms with Crippen LogP contribution in [0.15, 0.2) is 43.0 Å². The lowest BCUT2D eigenvalue weighted by atomic mass is 9.89. The summed E-state index contributed by atoms with van der Waals surface area (Å²) in [4.78, 5) is 10.0. The summed E-state index contributed by atoms with van der Waals surface area (Å²) >= 11 is 0. The molecule has 24 heavy (non-hydrogen) atoms. The number of hydrogen-bond donors (Lipinski definition) is 2. The lowest BCUT2D eigenvalue weighted by Crippen LogP contribution is -2.39. The van der Waals surface area contributed by atoms with Gasteiger partial charge >= 0.3 is 0 Å². The molecule has 4 heterocycles. The van der Waals surface area contributed by atoms with E-state index < -0.39 is 0 Å². The Balaban J connectivity index is 1.33. The number of piperidine rings is 1. The SMILES string of the molecule is O[C@H](CN1CCC(c2c[nH]c3ncccc23)CC1)Cn1cccn1. The Morgan fingerprint density at radius 2 is 2.08 bits per heavy atom. The van der Waals surface area contributed by atoms with E-state index in [1.54, 1.807) is 10.9 Å². The van der Waals surface area contributed by atoms with E-state index in [1.165, 1.54) is 10.9 Å². The maximum absolute atomic E-state index is 10.2. The number of pyridine rings is 1. The molecule has 126 valence electrons. The van der Waals surface area contributed by atoms with Crippen LogP contribution < -0.4 is 0 Å². The van der Waals surface area contributed by atoms with E-state index in [1.807, 2.05) is 24.5 Å². The zero-order valence-corrected chi connectivity index (χ0v) is 13.7. The van der Waals surface area contributed by atoms with Gasteiger partial charge in [-0.25, -0.2) is 4.98 Å². The molecule has 0 radical (unpaired) electrons. The number of aliphatic hydroxyl groups excluding tert-OH is 1. The van der Waals surface area contributed by atoms with Gasteiger partial charge in [-0.3, -0.25) is 4.68 Å². The number of nitrogens with zero attached hydrogens (tertiary/aromatic N) is 4. The molecule has 0 spiro atoms. The van der Waals surface area contributed by atoms with Crippen molar-refractivity contribution in [1.82, 2.24) is 24.6 Å². The van der Waals surface area contributed by atoms with Gasteiger partial charge in [-0.15, -0.1) is 0 Å². The summed E-state index contributed by atoms with van der Waals surface area (Å²) in [5.74, 6) is 0.572. The Hall–Kier alpha value is -2.18. The van der Waals surface area contributed by atoms with Crippen molar-refractivity contribution in [1.29, 1.82) is 0 Å². The van der Waals surface area contributed by atoms with Crippen LogP contribution in [0.5, 0.6) is 0 Å². The zero-order chi connectivity index (χ0) is 16.4. The Labute approximate surface area is 141 Å². The number of rotatable bonds is 5. The highest BCUT2D eigenvalue weighted by atomic mass is 16.3. The molecular formula is C18H23N5O. The van der Waals surface area contributed by atoms with E-state index >= 15 is 0 Å². The summed E-state index contributed by atoms with van der Waals surface area (Å²) in [5, 5.41) is 15.6. The molecule has 1 aliphatic heterocycles. The van der Waals surface area contributed by atoms with Crippen molar-refractivity contribution in [2.45, 2.75) is 31.4 Å². The number of aromatic amines is 1. The molecule has 0 amide bonds. The number of fused-ring (bicyclic) bond motifs is 1. The molecule has 6 heteroatoms. The van der Waals surface area contributed by atoms with Gasteiger partial charge in [-0.05, 0) is 55.6 Å². The monoisotopic (exact) mass is 325 g/mol. The number of likely N-dealkylation sites (tertiary alicyclic amines) is 1. The summed E-state index contributed by atoms with van der Waals surface area (Å²) in [6, 6.07) is 6.03. The quantitative estimate of drug-likeness (QED) is 0.753. The average molecular weight is 325 g/mol. The smallest absolute Gasteiger partial charge is 0.137 e. The van der Waals surface area contributed by atoms with Crippen LogP contribution >= 0.6 is 0 Å². The van der Waals surface area contributed by atoms with Gasteiger partial charge in [0.25, 0.3) is 0 Å². The third-order valence-corrected chi connectivity index (χ3v) is 4.94. The fraction of sp³-hybridized carbons (Fsp3) is 0.444. The molecule has 0 aromatic carbocycles. The average Bonchev–Trinajstić information content (AvgIpc) is 3.25. The van der Waals surface area contributed by atoms with Crippen molar-refractivity contribution >= 4 is 11.0 Å². The second-order valence-corrected chi connectivity index (χ2v) is 6.60. The van der Waals surface area contributed by atoms with E-state index in [0.29, 0.717) is 19.0 Å². The lowest BCUT2D eigenvalue weighted by Gasteiger charge is -2.33. The van der Waals surface area contributed by atoms with Crippen molar-refractivity contribution in [3.05, 3.63) is 48.5 Å². The van der Waals surface area contributed by atoms with Crippen LogP contribution in [0, 0.1) is 0 Å². The standard InChI is InChI=1S/C18H23N5O/c24-15(13-23-8-2-7-21-23)12-22-9-4-14(5-10-22)17-11-20-18-16(17)3-1-6-19-18/h1-3,6-8,11,14-15,24H,4-5,9-10,12-13H2,(H,19,20)/t15-/m1/s1. The van der Waals surface area contributed by atoms with E-state index in [-0.39, 0.29) is 6.10 Å². The zero-order valence-electron chi connectivity index (χ0n) is 13.7. The van der Waals surface area contributed by atoms with Crippen LogP contribution in [0.25, 0.3) is 11.0 Å². The first-order valence-corrected chi connectivity index (χ1v) is 8.59. The number of nitrogens with one attached hydrogen (secondary N) is 1. The van der Waals surface area contributed by atoms with Gasteiger partial charge in [-0.1, -0.05) is 0 Å². The second-order valence-electron chi connectivity index (χ2n) is 6.60. The predicted octanol–water partition coefficient (Wildman–Crippen LogP) is 2.00. The summed E-state index contributed by atoms with van der Waals surface area (Å²) in [7, 11) is 0. The van der Waals surface area contributed by atoms with Crippen LogP contribution in [0.4, 0.5) is 0 Å². The maximum atomic E-state index is 10.2. The minimum atomic E-state index is -0.376. The fourth-order valence-corrected chi connectivity index (χ4v) is 3.72. The van der Waals surface area contributed by atoms with Crippen LogP contribution in [0.2, 0.25) is 0 Å². The molecule has 4 rings (SSSR count). The minimum Gasteiger partial charge on any atom is -0.390 e. The first kappa shape index (κ1) is 15.4. The molecule has 3 aromatic heterocycles. The van der Waals surface area contributed by atoms with Gasteiger partial charge in [0.15, 0.2) is 0 Å². The number of hydrogen-bond acceptors (Lipinski definition) is 4. The number of aliphatic hydroxyl groups is 1. The first-order chi connectivity index (χ1) is 11.8. The van der Waals surface area contributed by atoms with E-state index in [9.17, 15) is 5.11 Å². The van der Waals surface area contributed by atoms with Crippen molar-refractivity contribution in [3.63, 3.8) is 0 Å². The first-order valence-electron chi connectivity index (χ1n) is 8.59. The molecule has 3 aromatic rings. The van der Waals surface area contributed by atoms with Crippen molar-refractivity contribution < 1.29 is 5.11 Å². The molecule has 1 aliphatic rings. The normalized spacial score (nSPS) is 18.2. The van der Waals surface area contributed by atoms with Crippen molar-refractivity contribution in [3.8, 4) is 0 Å². The lowest BCUT2D eigenvalue weighted by molar-refractivity contribution is 0.0823. The summed E-state index contributed by atoms with van der Waals surface area (Å²) in [6.45, 7) is 3.31. The van der Waals surface area contributed by atoms with Gasteiger partial charge in [0.1, 0.15) is 5.65 Å². The highest BCUT2D eigenvalue weighted by Gasteiger charge is 2.24. The Bertz CT molecular complexity index is 774. The molecule has 1 saturated heterocycles. The highest BCUT2D eigenvalue weighted by molar-refractivity contribution is 5.80. The third-order valence-electron chi connectivity index (χ3n) is 4.94. The van der Waals surface area contributed by atoms with Crippen LogP contribution in [0.3, 0.4) is 0 Å². The Kier molecular flexibility index (Phi) is 4.32. The van der Waals surface area contributed by atoms with Crippen LogP contribution in [-0.2, 0) is 6.54 Å². The summed E-state index contributed by atoms with van der Waals surface area (Å²) in [6.07, 6.45) is 9.44. The highest BCUT2D eigenvalue weighted by Crippen LogP contribution is 2.32. The van der Waals surface area contributed by atoms with Gasteiger partial charge in [0.2, 0.25) is 0 Å². The topological polar surface area (TPSA) is 70.0 Å². The van der Waals surface area contributed by atoms with Crippen LogP contribution in [-0.4, -0.2) is 55.5 Å². The van der Waals surface area contributed by atoms with Gasteiger partial charge in [0.05, 0.1) is 12.6 Å². The van der Waals surface area contributed by atoms with Crippen molar-refractivity contribution in [2.24, 2.45) is 0 Å². The van der Waals surface area contributed by atoms with E-state index in [2.05, 4.69) is 32.2 Å². The minimum absolute atomic E-state index is 0.376. The molecule has 1 atom stereocenters. The Morgan fingerprint density at radius 1 is 1.21 bits per heavy atom. The molecule has 6 nitrogen and oxygen atoms in total. The third kappa shape index (κ3) is 3.20. The molecule has 2 N–H and O–H groups in total. The van der Waals surface area contributed by atoms with Crippen LogP contribution in [0.1, 0.15) is 24.3 Å². The summed E-state index contributed by atoms with van der Waals surface area (Å²) < 4.78 is 1.79. The largest absolute Gasteiger partial charge is 0.390 e. The molecule has 0 bridgehead atoms. The molecule has 0 saturated carbocycles. The maximum Gasteiger partial charge on any atom is 0.137 e. The van der Waals surface area contributed by atoms with E-state index in [4.69, 9.17) is 0 Å². The summed E-state index contributed by atoms with van der Waals surface area (Å²) in [5.41, 5.74) is 2.36. The molecular weight excluding hydrogens is 302 g/mol. The molecule has 0 aliphatic carbocycles. The van der Waals surface area contributed by atoms with Crippen molar-refractivity contribution in [2.75, 3.05) is 19.6 Å². The number of H-pyrrole nitrogens is 1. The molecule has 1 fully saturated rings. The Morgan fingerprint density at radius 3 is 2.88 bits per heavy atom. The fourth-order valence-electron chi connectivity index (χ4n) is 3.72. The number of β-amino-alcohol motifs (C(OH)–C–C–N with tert-alkyl or cyclic N) is 1. The second kappa shape index (κ2) is 6.75. The van der Waals surface area contributed by atoms with E-state index in [0.717, 1.165) is 31.6 Å². The van der Waals surface area contributed by atoms with Gasteiger partial charge < -0.3 is 15.0 Å².